The lowest BCUT2D eigenvalue weighted by atomic mass is 9.94. The largest absolute Gasteiger partial charge is 0.456 e. The molecule has 0 radical (unpaired) electrons. The van der Waals surface area contributed by atoms with Crippen molar-refractivity contribution in [3.63, 3.8) is 0 Å². The zero-order valence-corrected chi connectivity index (χ0v) is 38.6. The lowest BCUT2D eigenvalue weighted by Gasteiger charge is -2.15. The van der Waals surface area contributed by atoms with Crippen molar-refractivity contribution in [1.29, 1.82) is 0 Å². The molecule has 0 saturated heterocycles. The SMILES string of the molecule is c1ccc2c(c1)cn1c2c2cc3c(cc2c2cc(-c4ccc5cn6c(c5c4)c4cc5oc7ccccc7c5cc4c4ccc5sc7ccccc7c5c46)c4sc5ccccc5c4c21)oc1ccccc13. The monoisotopic (exact) mass is 924 g/mol. The van der Waals surface area contributed by atoms with E-state index in [0.717, 1.165) is 43.9 Å². The molecule has 0 amide bonds. The maximum atomic E-state index is 6.67. The molecule has 0 bridgehead atoms. The molecule has 0 aliphatic rings. The molecule has 0 aliphatic heterocycles. The maximum Gasteiger partial charge on any atom is 0.136 e. The van der Waals surface area contributed by atoms with Crippen LogP contribution in [0.25, 0.3) is 171 Å². The number of aromatic nitrogens is 2. The summed E-state index contributed by atoms with van der Waals surface area (Å²) in [5, 5.41) is 21.8. The number of benzene rings is 10. The fourth-order valence-electron chi connectivity index (χ4n) is 12.6. The van der Waals surface area contributed by atoms with E-state index in [4.69, 9.17) is 8.83 Å². The van der Waals surface area contributed by atoms with Gasteiger partial charge in [0, 0.05) is 123 Å². The Morgan fingerprint density at radius 1 is 0.300 bits per heavy atom. The number of hydrogen-bond acceptors (Lipinski definition) is 4. The van der Waals surface area contributed by atoms with Gasteiger partial charge in [0.15, 0.2) is 0 Å². The molecule has 4 nitrogen and oxygen atoms in total. The number of thiophene rings is 2. The van der Waals surface area contributed by atoms with Crippen LogP contribution in [-0.4, -0.2) is 8.80 Å². The molecule has 8 heterocycles. The molecule has 8 aromatic heterocycles. The van der Waals surface area contributed by atoms with E-state index in [1.807, 2.05) is 22.7 Å². The molecule has 0 unspecified atom stereocenters. The number of fused-ring (bicyclic) bond motifs is 30. The highest BCUT2D eigenvalue weighted by Gasteiger charge is 2.24. The lowest BCUT2D eigenvalue weighted by Crippen LogP contribution is -1.93. The summed E-state index contributed by atoms with van der Waals surface area (Å²) in [6.45, 7) is 0. The summed E-state index contributed by atoms with van der Waals surface area (Å²) in [7, 11) is 0. The number of para-hydroxylation sites is 2. The first-order chi connectivity index (χ1) is 34.7. The zero-order chi connectivity index (χ0) is 45.1. The first-order valence-corrected chi connectivity index (χ1v) is 25.4. The van der Waals surface area contributed by atoms with E-state index in [2.05, 4.69) is 203 Å². The number of nitrogens with zero attached hydrogens (tertiary/aromatic N) is 2. The van der Waals surface area contributed by atoms with E-state index < -0.39 is 0 Å². The van der Waals surface area contributed by atoms with Crippen molar-refractivity contribution in [2.75, 3.05) is 0 Å². The Hall–Kier alpha value is -8.68. The number of furan rings is 2. The van der Waals surface area contributed by atoms with Crippen molar-refractivity contribution in [2.24, 2.45) is 0 Å². The summed E-state index contributed by atoms with van der Waals surface area (Å²) >= 11 is 3.77. The Kier molecular flexibility index (Phi) is 6.59. The molecule has 0 aliphatic carbocycles. The molecule has 322 valence electrons. The summed E-state index contributed by atoms with van der Waals surface area (Å²) in [4.78, 5) is 0. The van der Waals surface area contributed by atoms with Crippen LogP contribution in [0, 0.1) is 0 Å². The second kappa shape index (κ2) is 12.7. The van der Waals surface area contributed by atoms with Crippen LogP contribution in [0.5, 0.6) is 0 Å². The van der Waals surface area contributed by atoms with Gasteiger partial charge in [0.25, 0.3) is 0 Å². The van der Waals surface area contributed by atoms with Gasteiger partial charge in [-0.3, -0.25) is 0 Å². The van der Waals surface area contributed by atoms with Gasteiger partial charge in [0.05, 0.1) is 22.1 Å². The molecule has 18 rings (SSSR count). The van der Waals surface area contributed by atoms with Crippen molar-refractivity contribution in [3.05, 3.63) is 194 Å². The van der Waals surface area contributed by atoms with E-state index in [0.29, 0.717) is 0 Å². The topological polar surface area (TPSA) is 35.1 Å². The van der Waals surface area contributed by atoms with E-state index in [1.165, 1.54) is 127 Å². The van der Waals surface area contributed by atoms with E-state index >= 15 is 0 Å². The zero-order valence-electron chi connectivity index (χ0n) is 37.0. The van der Waals surface area contributed by atoms with Crippen LogP contribution < -0.4 is 0 Å². The van der Waals surface area contributed by atoms with Crippen molar-refractivity contribution < 1.29 is 8.83 Å². The van der Waals surface area contributed by atoms with Crippen LogP contribution >= 0.6 is 22.7 Å². The smallest absolute Gasteiger partial charge is 0.136 e. The molecular formula is C64H32N2O2S2. The van der Waals surface area contributed by atoms with Gasteiger partial charge >= 0.3 is 0 Å². The molecule has 0 spiro atoms. The van der Waals surface area contributed by atoms with Crippen LogP contribution in [0.15, 0.2) is 203 Å². The van der Waals surface area contributed by atoms with Crippen LogP contribution in [0.2, 0.25) is 0 Å². The van der Waals surface area contributed by atoms with Gasteiger partial charge in [-0.1, -0.05) is 115 Å². The Labute approximate surface area is 403 Å². The second-order valence-corrected chi connectivity index (χ2v) is 21.3. The second-order valence-electron chi connectivity index (χ2n) is 19.1. The highest BCUT2D eigenvalue weighted by molar-refractivity contribution is 7.26. The Morgan fingerprint density at radius 3 is 1.60 bits per heavy atom. The molecule has 0 atom stereocenters. The third kappa shape index (κ3) is 4.48. The number of hydrogen-bond donors (Lipinski definition) is 0. The van der Waals surface area contributed by atoms with Gasteiger partial charge < -0.3 is 17.6 Å². The van der Waals surface area contributed by atoms with Gasteiger partial charge in [0.1, 0.15) is 22.3 Å². The molecule has 6 heteroatoms. The first-order valence-electron chi connectivity index (χ1n) is 23.8. The Bertz CT molecular complexity index is 5440. The number of rotatable bonds is 1. The summed E-state index contributed by atoms with van der Waals surface area (Å²) in [5.74, 6) is 0. The van der Waals surface area contributed by atoms with Gasteiger partial charge in [-0.25, -0.2) is 0 Å². The Balaban J connectivity index is 1.02. The van der Waals surface area contributed by atoms with Gasteiger partial charge in [-0.2, -0.15) is 0 Å². The minimum Gasteiger partial charge on any atom is -0.456 e. The van der Waals surface area contributed by atoms with Gasteiger partial charge in [0.2, 0.25) is 0 Å². The van der Waals surface area contributed by atoms with Crippen molar-refractivity contribution in [1.82, 2.24) is 8.80 Å². The highest BCUT2D eigenvalue weighted by atomic mass is 32.1. The van der Waals surface area contributed by atoms with E-state index in [9.17, 15) is 0 Å². The third-order valence-electron chi connectivity index (χ3n) is 15.6. The summed E-state index contributed by atoms with van der Waals surface area (Å²) in [5.41, 5.74) is 10.9. The molecule has 70 heavy (non-hydrogen) atoms. The fourth-order valence-corrected chi connectivity index (χ4v) is 15.0. The molecule has 0 saturated carbocycles. The van der Waals surface area contributed by atoms with Gasteiger partial charge in [-0.15, -0.1) is 22.7 Å². The number of pyridine rings is 2. The van der Waals surface area contributed by atoms with Crippen molar-refractivity contribution >= 4 is 183 Å². The maximum absolute atomic E-state index is 6.67. The fraction of sp³-hybridized carbons (Fsp3) is 0. The average Bonchev–Trinajstić information content (AvgIpc) is 4.27. The minimum atomic E-state index is 0.901. The van der Waals surface area contributed by atoms with Crippen molar-refractivity contribution in [2.45, 2.75) is 0 Å². The summed E-state index contributed by atoms with van der Waals surface area (Å²) in [6.07, 6.45) is 4.73. The normalized spacial score (nSPS) is 12.9. The minimum absolute atomic E-state index is 0.901. The predicted molar refractivity (Wildman–Crippen MR) is 299 cm³/mol. The van der Waals surface area contributed by atoms with Crippen LogP contribution in [-0.2, 0) is 0 Å². The summed E-state index contributed by atoms with van der Waals surface area (Å²) in [6, 6.07) is 67.3. The standard InChI is InChI=1S/C64H32N2O2S2/c1-2-12-36-34(11-1)31-65-60(36)48-28-47-38-14-4-8-18-52(38)67-53(47)29-45(48)49-26-43(64-59(63(49)65)41-16-6-10-20-56(41)70-64)33-21-22-35-32-66-61(42(35)25-33)50-30-54-46(37-13-3-7-17-51(37)68-54)27-44(50)39-23-24-57-58(62(39)66)40-15-5-9-19-55(40)69-57/h1-32H. The average molecular weight is 925 g/mol. The molecule has 0 N–H and O–H groups in total. The van der Waals surface area contributed by atoms with Crippen LogP contribution in [0.1, 0.15) is 0 Å². The quantitative estimate of drug-likeness (QED) is 0.154. The van der Waals surface area contributed by atoms with Gasteiger partial charge in [-0.05, 0) is 83.1 Å². The predicted octanol–water partition coefficient (Wildman–Crippen LogP) is 19.3. The molecule has 10 aromatic carbocycles. The first kappa shape index (κ1) is 36.4. The molecular weight excluding hydrogens is 893 g/mol. The van der Waals surface area contributed by atoms with Crippen LogP contribution in [0.3, 0.4) is 0 Å². The molecule has 18 aromatic rings. The third-order valence-corrected chi connectivity index (χ3v) is 17.9. The van der Waals surface area contributed by atoms with E-state index in [1.54, 1.807) is 0 Å². The Morgan fingerprint density at radius 2 is 0.843 bits per heavy atom. The highest BCUT2D eigenvalue weighted by Crippen LogP contribution is 2.50. The van der Waals surface area contributed by atoms with E-state index in [-0.39, 0.29) is 0 Å². The summed E-state index contributed by atoms with van der Waals surface area (Å²) < 4.78 is 23.5. The lowest BCUT2D eigenvalue weighted by molar-refractivity contribution is 0.669. The van der Waals surface area contributed by atoms with Crippen molar-refractivity contribution in [3.8, 4) is 11.1 Å². The van der Waals surface area contributed by atoms with Crippen LogP contribution in [0.4, 0.5) is 0 Å². The molecule has 0 fully saturated rings.